The Bertz CT molecular complexity index is 847. The van der Waals surface area contributed by atoms with Gasteiger partial charge in [-0.1, -0.05) is 23.7 Å². The highest BCUT2D eigenvalue weighted by Gasteiger charge is 2.15. The SMILES string of the molecule is COC(=O)c1cc(Cl)c2nnc(-c3cccc(F)c3)n2c1. The Hall–Kier alpha value is -2.47. The van der Waals surface area contributed by atoms with E-state index in [1.165, 1.54) is 35.9 Å². The molecule has 0 atom stereocenters. The van der Waals surface area contributed by atoms with E-state index < -0.39 is 5.97 Å². The first-order valence-corrected chi connectivity index (χ1v) is 6.36. The van der Waals surface area contributed by atoms with Crippen LogP contribution < -0.4 is 0 Å². The second-order valence-electron chi connectivity index (χ2n) is 4.30. The maximum atomic E-state index is 13.3. The first kappa shape index (κ1) is 13.5. The predicted octanol–water partition coefficient (Wildman–Crippen LogP) is 2.98. The molecule has 0 saturated heterocycles. The van der Waals surface area contributed by atoms with Crippen LogP contribution in [0.25, 0.3) is 17.0 Å². The summed E-state index contributed by atoms with van der Waals surface area (Å²) < 4.78 is 19.5. The predicted molar refractivity (Wildman–Crippen MR) is 74.7 cm³/mol. The van der Waals surface area contributed by atoms with Crippen molar-refractivity contribution in [1.82, 2.24) is 14.6 Å². The molecule has 0 bridgehead atoms. The third-order valence-corrected chi connectivity index (χ3v) is 3.24. The fourth-order valence-electron chi connectivity index (χ4n) is 2.01. The van der Waals surface area contributed by atoms with Crippen molar-refractivity contribution in [3.05, 3.63) is 52.9 Å². The van der Waals surface area contributed by atoms with Gasteiger partial charge in [0.25, 0.3) is 0 Å². The Labute approximate surface area is 123 Å². The second-order valence-corrected chi connectivity index (χ2v) is 4.70. The molecular formula is C14H9ClFN3O2. The maximum Gasteiger partial charge on any atom is 0.339 e. The number of carbonyl (C=O) groups is 1. The topological polar surface area (TPSA) is 56.5 Å². The number of benzene rings is 1. The minimum Gasteiger partial charge on any atom is -0.465 e. The van der Waals surface area contributed by atoms with Crippen molar-refractivity contribution in [3.8, 4) is 11.4 Å². The highest BCUT2D eigenvalue weighted by atomic mass is 35.5. The molecular weight excluding hydrogens is 297 g/mol. The Kier molecular flexibility index (Phi) is 3.31. The Morgan fingerprint density at radius 3 is 2.86 bits per heavy atom. The molecule has 21 heavy (non-hydrogen) atoms. The van der Waals surface area contributed by atoms with E-state index in [0.29, 0.717) is 17.0 Å². The summed E-state index contributed by atoms with van der Waals surface area (Å²) in [6.45, 7) is 0. The van der Waals surface area contributed by atoms with Gasteiger partial charge in [0.05, 0.1) is 17.7 Å². The fourth-order valence-corrected chi connectivity index (χ4v) is 2.25. The number of methoxy groups -OCH3 is 1. The zero-order valence-corrected chi connectivity index (χ0v) is 11.6. The molecule has 0 amide bonds. The monoisotopic (exact) mass is 305 g/mol. The largest absolute Gasteiger partial charge is 0.465 e. The van der Waals surface area contributed by atoms with Gasteiger partial charge in [-0.15, -0.1) is 10.2 Å². The lowest BCUT2D eigenvalue weighted by Gasteiger charge is -2.04. The fraction of sp³-hybridized carbons (Fsp3) is 0.0714. The summed E-state index contributed by atoms with van der Waals surface area (Å²) in [5, 5.41) is 8.22. The van der Waals surface area contributed by atoms with Gasteiger partial charge >= 0.3 is 5.97 Å². The zero-order valence-electron chi connectivity index (χ0n) is 10.9. The minimum absolute atomic E-state index is 0.257. The first-order valence-electron chi connectivity index (χ1n) is 5.98. The van der Waals surface area contributed by atoms with E-state index in [1.807, 2.05) is 0 Å². The Morgan fingerprint density at radius 2 is 2.14 bits per heavy atom. The Morgan fingerprint density at radius 1 is 1.33 bits per heavy atom. The molecule has 0 unspecified atom stereocenters. The van der Waals surface area contributed by atoms with Crippen molar-refractivity contribution in [2.45, 2.75) is 0 Å². The number of fused-ring (bicyclic) bond motifs is 1. The molecule has 3 aromatic rings. The molecule has 0 radical (unpaired) electrons. The van der Waals surface area contributed by atoms with Gasteiger partial charge in [-0.3, -0.25) is 4.40 Å². The van der Waals surface area contributed by atoms with Crippen LogP contribution in [0.15, 0.2) is 36.5 Å². The zero-order chi connectivity index (χ0) is 15.0. The molecule has 0 N–H and O–H groups in total. The van der Waals surface area contributed by atoms with E-state index >= 15 is 0 Å². The van der Waals surface area contributed by atoms with E-state index in [2.05, 4.69) is 14.9 Å². The van der Waals surface area contributed by atoms with E-state index in [9.17, 15) is 9.18 Å². The highest BCUT2D eigenvalue weighted by molar-refractivity contribution is 6.33. The summed E-state index contributed by atoms with van der Waals surface area (Å²) in [7, 11) is 1.28. The molecule has 7 heteroatoms. The number of nitrogens with zero attached hydrogens (tertiary/aromatic N) is 3. The van der Waals surface area contributed by atoms with E-state index in [1.54, 1.807) is 12.1 Å². The van der Waals surface area contributed by atoms with Crippen molar-refractivity contribution in [1.29, 1.82) is 0 Å². The van der Waals surface area contributed by atoms with Gasteiger partial charge < -0.3 is 4.74 Å². The molecule has 106 valence electrons. The van der Waals surface area contributed by atoms with Crippen molar-refractivity contribution in [2.24, 2.45) is 0 Å². The number of rotatable bonds is 2. The molecule has 0 aliphatic rings. The van der Waals surface area contributed by atoms with Crippen LogP contribution in [-0.2, 0) is 4.74 Å². The van der Waals surface area contributed by atoms with Gasteiger partial charge in [0.1, 0.15) is 5.82 Å². The molecule has 5 nitrogen and oxygen atoms in total. The summed E-state index contributed by atoms with van der Waals surface area (Å²) in [5.41, 5.74) is 1.16. The average Bonchev–Trinajstić information content (AvgIpc) is 2.90. The van der Waals surface area contributed by atoms with Crippen LogP contribution in [-0.4, -0.2) is 27.7 Å². The second kappa shape index (κ2) is 5.14. The van der Waals surface area contributed by atoms with Gasteiger partial charge in [0.15, 0.2) is 11.5 Å². The maximum absolute atomic E-state index is 13.3. The standard InChI is InChI=1S/C14H9ClFN3O2/c1-21-14(20)9-6-11(15)13-18-17-12(19(13)7-9)8-3-2-4-10(16)5-8/h2-7H,1H3. The lowest BCUT2D eigenvalue weighted by molar-refractivity contribution is 0.0600. The summed E-state index contributed by atoms with van der Waals surface area (Å²) in [4.78, 5) is 11.6. The quantitative estimate of drug-likeness (QED) is 0.683. The van der Waals surface area contributed by atoms with Crippen molar-refractivity contribution in [3.63, 3.8) is 0 Å². The summed E-state index contributed by atoms with van der Waals surface area (Å²) in [6.07, 6.45) is 1.51. The number of aromatic nitrogens is 3. The number of hydrogen-bond acceptors (Lipinski definition) is 4. The molecule has 0 spiro atoms. The number of esters is 1. The van der Waals surface area contributed by atoms with Crippen LogP contribution in [0, 0.1) is 5.82 Å². The normalized spacial score (nSPS) is 10.8. The number of ether oxygens (including phenoxy) is 1. The van der Waals surface area contributed by atoms with Crippen LogP contribution in [0.4, 0.5) is 4.39 Å². The Balaban J connectivity index is 2.25. The smallest absolute Gasteiger partial charge is 0.339 e. The molecule has 2 heterocycles. The van der Waals surface area contributed by atoms with E-state index in [-0.39, 0.29) is 16.4 Å². The third kappa shape index (κ3) is 2.34. The molecule has 1 aromatic carbocycles. The molecule has 2 aromatic heterocycles. The molecule has 0 aliphatic heterocycles. The lowest BCUT2D eigenvalue weighted by Crippen LogP contribution is -2.03. The van der Waals surface area contributed by atoms with E-state index in [4.69, 9.17) is 11.6 Å². The number of hydrogen-bond donors (Lipinski definition) is 0. The van der Waals surface area contributed by atoms with Gasteiger partial charge in [-0.05, 0) is 18.2 Å². The lowest BCUT2D eigenvalue weighted by atomic mass is 10.2. The van der Waals surface area contributed by atoms with Crippen LogP contribution in [0.2, 0.25) is 5.02 Å². The van der Waals surface area contributed by atoms with Gasteiger partial charge in [0.2, 0.25) is 0 Å². The molecule has 0 saturated carbocycles. The van der Waals surface area contributed by atoms with Crippen LogP contribution >= 0.6 is 11.6 Å². The molecule has 0 aliphatic carbocycles. The van der Waals surface area contributed by atoms with Crippen molar-refractivity contribution >= 4 is 23.2 Å². The highest BCUT2D eigenvalue weighted by Crippen LogP contribution is 2.24. The third-order valence-electron chi connectivity index (χ3n) is 2.96. The van der Waals surface area contributed by atoms with Gasteiger partial charge in [-0.2, -0.15) is 0 Å². The number of pyridine rings is 1. The first-order chi connectivity index (χ1) is 10.1. The molecule has 0 fully saturated rings. The van der Waals surface area contributed by atoms with Gasteiger partial charge in [-0.25, -0.2) is 9.18 Å². The molecule has 3 rings (SSSR count). The van der Waals surface area contributed by atoms with Gasteiger partial charge in [0, 0.05) is 11.8 Å². The van der Waals surface area contributed by atoms with Crippen LogP contribution in [0.3, 0.4) is 0 Å². The van der Waals surface area contributed by atoms with Crippen molar-refractivity contribution in [2.75, 3.05) is 7.11 Å². The van der Waals surface area contributed by atoms with E-state index in [0.717, 1.165) is 0 Å². The van der Waals surface area contributed by atoms with Crippen LogP contribution in [0.5, 0.6) is 0 Å². The average molecular weight is 306 g/mol. The van der Waals surface area contributed by atoms with Crippen LogP contribution in [0.1, 0.15) is 10.4 Å². The minimum atomic E-state index is -0.530. The number of carbonyl (C=O) groups excluding carboxylic acids is 1. The summed E-state index contributed by atoms with van der Waals surface area (Å²) in [5.74, 6) is -0.533. The summed E-state index contributed by atoms with van der Waals surface area (Å²) in [6, 6.07) is 7.37. The summed E-state index contributed by atoms with van der Waals surface area (Å²) >= 11 is 6.09. The number of halogens is 2. The van der Waals surface area contributed by atoms with Crippen molar-refractivity contribution < 1.29 is 13.9 Å².